The van der Waals surface area contributed by atoms with Gasteiger partial charge in [0, 0.05) is 18.5 Å². The van der Waals surface area contributed by atoms with Gasteiger partial charge in [-0.25, -0.2) is 27.7 Å². The van der Waals surface area contributed by atoms with Crippen LogP contribution in [-0.4, -0.2) is 48.0 Å². The first kappa shape index (κ1) is 26.3. The Hall–Kier alpha value is -3.31. The Morgan fingerprint density at radius 1 is 1.11 bits per heavy atom. The number of hydrogen-bond donors (Lipinski definition) is 2. The number of thioether (sulfide) groups is 1. The maximum atomic E-state index is 12.8. The van der Waals surface area contributed by atoms with Gasteiger partial charge in [-0.15, -0.1) is 11.8 Å². The van der Waals surface area contributed by atoms with Crippen LogP contribution in [0.3, 0.4) is 0 Å². The Bertz CT molecular complexity index is 1320. The van der Waals surface area contributed by atoms with E-state index in [0.29, 0.717) is 34.9 Å². The highest BCUT2D eigenvalue weighted by molar-refractivity contribution is 7.98. The molecule has 35 heavy (non-hydrogen) atoms. The predicted molar refractivity (Wildman–Crippen MR) is 133 cm³/mol. The molecule has 2 N–H and O–H groups in total. The second-order valence-electron chi connectivity index (χ2n) is 7.55. The molecule has 0 radical (unpaired) electrons. The van der Waals surface area contributed by atoms with Crippen LogP contribution < -0.4 is 4.72 Å². The first-order chi connectivity index (χ1) is 16.7. The Labute approximate surface area is 208 Å². The standard InChI is InChI=1S/C24H27N3O6S2/c1-4-8-20-25-22(34-3)21(23(28)29)27(20)15-16-11-13-17(14-12-16)18-9-6-7-10-19(18)35(31,32)26-24(30)33-5-2/h6-7,9-14H,4-5,8,15H2,1-3H3,(H,26,30)(H,28,29). The third kappa shape index (κ3) is 6.04. The number of carbonyl (C=O) groups excluding carboxylic acids is 1. The molecule has 0 fully saturated rings. The van der Waals surface area contributed by atoms with Gasteiger partial charge in [-0.3, -0.25) is 0 Å². The van der Waals surface area contributed by atoms with Crippen LogP contribution in [0.15, 0.2) is 58.5 Å². The third-order valence-electron chi connectivity index (χ3n) is 5.16. The number of rotatable bonds is 10. The monoisotopic (exact) mass is 517 g/mol. The number of ether oxygens (including phenoxy) is 1. The normalized spacial score (nSPS) is 11.3. The van der Waals surface area contributed by atoms with E-state index in [0.717, 1.165) is 12.0 Å². The molecule has 0 aliphatic carbocycles. The van der Waals surface area contributed by atoms with Crippen LogP contribution in [0.4, 0.5) is 4.79 Å². The molecule has 9 nitrogen and oxygen atoms in total. The van der Waals surface area contributed by atoms with Crippen molar-refractivity contribution in [3.63, 3.8) is 0 Å². The minimum absolute atomic E-state index is 0.0450. The molecule has 0 unspecified atom stereocenters. The van der Waals surface area contributed by atoms with E-state index in [1.54, 1.807) is 48.1 Å². The molecule has 0 aliphatic rings. The maximum absolute atomic E-state index is 12.8. The number of amides is 1. The number of hydrogen-bond acceptors (Lipinski definition) is 7. The van der Waals surface area contributed by atoms with Gasteiger partial charge in [0.15, 0.2) is 5.69 Å². The lowest BCUT2D eigenvalue weighted by molar-refractivity contribution is 0.0681. The summed E-state index contributed by atoms with van der Waals surface area (Å²) < 4.78 is 33.9. The van der Waals surface area contributed by atoms with Gasteiger partial charge >= 0.3 is 12.1 Å². The number of sulfonamides is 1. The quantitative estimate of drug-likeness (QED) is 0.379. The van der Waals surface area contributed by atoms with E-state index in [-0.39, 0.29) is 17.2 Å². The second-order valence-corrected chi connectivity index (χ2v) is 9.99. The number of carbonyl (C=O) groups is 2. The van der Waals surface area contributed by atoms with Crippen molar-refractivity contribution in [3.8, 4) is 11.1 Å². The largest absolute Gasteiger partial charge is 0.476 e. The molecule has 2 aromatic carbocycles. The highest BCUT2D eigenvalue weighted by Gasteiger charge is 2.23. The van der Waals surface area contributed by atoms with Gasteiger partial charge in [-0.1, -0.05) is 49.4 Å². The SMILES string of the molecule is CCCc1nc(SC)c(C(=O)O)n1Cc1ccc(-c2ccccc2S(=O)(=O)NC(=O)OCC)cc1. The molecule has 0 saturated carbocycles. The van der Waals surface area contributed by atoms with Gasteiger partial charge in [0.25, 0.3) is 10.0 Å². The average molecular weight is 518 g/mol. The fourth-order valence-corrected chi connectivity index (χ4v) is 5.35. The first-order valence-corrected chi connectivity index (χ1v) is 13.7. The topological polar surface area (TPSA) is 128 Å². The molecule has 186 valence electrons. The smallest absolute Gasteiger partial charge is 0.421 e. The molecule has 0 aliphatic heterocycles. The van der Waals surface area contributed by atoms with Crippen molar-refractivity contribution < 1.29 is 27.9 Å². The lowest BCUT2D eigenvalue weighted by Gasteiger charge is -2.13. The summed E-state index contributed by atoms with van der Waals surface area (Å²) in [6, 6.07) is 13.5. The van der Waals surface area contributed by atoms with Gasteiger partial charge < -0.3 is 14.4 Å². The molecule has 1 amide bonds. The highest BCUT2D eigenvalue weighted by Crippen LogP contribution is 2.28. The molecule has 11 heteroatoms. The summed E-state index contributed by atoms with van der Waals surface area (Å²) in [5.74, 6) is -0.325. The van der Waals surface area contributed by atoms with Crippen LogP contribution in [0.1, 0.15) is 42.1 Å². The molecule has 3 aromatic rings. The first-order valence-electron chi connectivity index (χ1n) is 11.0. The van der Waals surface area contributed by atoms with Crippen molar-refractivity contribution >= 4 is 33.8 Å². The fourth-order valence-electron chi connectivity index (χ4n) is 3.65. The number of nitrogens with one attached hydrogen (secondary N) is 1. The summed E-state index contributed by atoms with van der Waals surface area (Å²) in [4.78, 5) is 28.1. The predicted octanol–water partition coefficient (Wildman–Crippen LogP) is 4.41. The molecule has 0 saturated heterocycles. The fraction of sp³-hybridized carbons (Fsp3) is 0.292. The van der Waals surface area contributed by atoms with Gasteiger partial charge in [-0.2, -0.15) is 0 Å². The van der Waals surface area contributed by atoms with Crippen molar-refractivity contribution in [2.75, 3.05) is 12.9 Å². The van der Waals surface area contributed by atoms with Crippen LogP contribution in [0.25, 0.3) is 11.1 Å². The number of nitrogens with zero attached hydrogens (tertiary/aromatic N) is 2. The van der Waals surface area contributed by atoms with Crippen LogP contribution in [0.2, 0.25) is 0 Å². The summed E-state index contributed by atoms with van der Waals surface area (Å²) in [7, 11) is -4.15. The van der Waals surface area contributed by atoms with Crippen molar-refractivity contribution in [3.05, 3.63) is 65.6 Å². The van der Waals surface area contributed by atoms with E-state index >= 15 is 0 Å². The zero-order valence-corrected chi connectivity index (χ0v) is 21.3. The summed E-state index contributed by atoms with van der Waals surface area (Å²) >= 11 is 1.30. The van der Waals surface area contributed by atoms with Gasteiger partial charge in [0.2, 0.25) is 0 Å². The van der Waals surface area contributed by atoms with Crippen LogP contribution in [0.5, 0.6) is 0 Å². The number of aromatic carboxylic acids is 1. The summed E-state index contributed by atoms with van der Waals surface area (Å²) in [6.07, 6.45) is 2.23. The zero-order valence-electron chi connectivity index (χ0n) is 19.6. The summed E-state index contributed by atoms with van der Waals surface area (Å²) in [5, 5.41) is 10.2. The van der Waals surface area contributed by atoms with E-state index in [4.69, 9.17) is 4.74 Å². The molecule has 0 spiro atoms. The molecule has 0 bridgehead atoms. The Morgan fingerprint density at radius 2 is 1.80 bits per heavy atom. The number of carboxylic acid groups (broad SMARTS) is 1. The number of aromatic nitrogens is 2. The molecular formula is C24H27N3O6S2. The maximum Gasteiger partial charge on any atom is 0.421 e. The van der Waals surface area contributed by atoms with E-state index in [1.807, 2.05) is 23.8 Å². The molecule has 1 aromatic heterocycles. The van der Waals surface area contributed by atoms with Crippen molar-refractivity contribution in [2.45, 2.75) is 43.2 Å². The second kappa shape index (κ2) is 11.4. The average Bonchev–Trinajstić information content (AvgIpc) is 3.17. The lowest BCUT2D eigenvalue weighted by atomic mass is 10.0. The van der Waals surface area contributed by atoms with E-state index in [2.05, 4.69) is 4.98 Å². The van der Waals surface area contributed by atoms with E-state index < -0.39 is 22.1 Å². The highest BCUT2D eigenvalue weighted by atomic mass is 32.2. The molecule has 3 rings (SSSR count). The number of aryl methyl sites for hydroxylation is 1. The zero-order chi connectivity index (χ0) is 25.6. The summed E-state index contributed by atoms with van der Waals surface area (Å²) in [6.45, 7) is 3.95. The van der Waals surface area contributed by atoms with Crippen molar-refractivity contribution in [1.29, 1.82) is 0 Å². The van der Waals surface area contributed by atoms with Gasteiger partial charge in [0.1, 0.15) is 10.9 Å². The third-order valence-corrected chi connectivity index (χ3v) is 7.20. The molecule has 0 atom stereocenters. The number of benzene rings is 2. The summed E-state index contributed by atoms with van der Waals surface area (Å²) in [5.41, 5.74) is 2.04. The lowest BCUT2D eigenvalue weighted by Crippen LogP contribution is -2.31. The van der Waals surface area contributed by atoms with Gasteiger partial charge in [0.05, 0.1) is 11.5 Å². The van der Waals surface area contributed by atoms with Crippen LogP contribution >= 0.6 is 11.8 Å². The van der Waals surface area contributed by atoms with Gasteiger partial charge in [-0.05, 0) is 36.8 Å². The number of imidazole rings is 1. The van der Waals surface area contributed by atoms with Crippen molar-refractivity contribution in [1.82, 2.24) is 14.3 Å². The van der Waals surface area contributed by atoms with E-state index in [1.165, 1.54) is 17.8 Å². The Balaban J connectivity index is 1.94. The van der Waals surface area contributed by atoms with E-state index in [9.17, 15) is 23.1 Å². The number of carboxylic acids is 1. The minimum atomic E-state index is -4.15. The Kier molecular flexibility index (Phi) is 8.57. The molecule has 1 heterocycles. The van der Waals surface area contributed by atoms with Crippen molar-refractivity contribution in [2.24, 2.45) is 0 Å². The minimum Gasteiger partial charge on any atom is -0.476 e. The molecular weight excluding hydrogens is 490 g/mol. The van der Waals surface area contributed by atoms with Crippen LogP contribution in [-0.2, 0) is 27.7 Å². The van der Waals surface area contributed by atoms with Crippen LogP contribution in [0, 0.1) is 0 Å². The Morgan fingerprint density at radius 3 is 2.40 bits per heavy atom.